The first kappa shape index (κ1) is 27.3. The summed E-state index contributed by atoms with van der Waals surface area (Å²) in [5.74, 6) is -4.00. The van der Waals surface area contributed by atoms with Gasteiger partial charge >= 0.3 is 5.97 Å². The van der Waals surface area contributed by atoms with E-state index in [1.54, 1.807) is 13.8 Å². The number of carbonyl (C=O) groups excluding carboxylic acids is 4. The molecule has 0 heterocycles. The maximum Gasteiger partial charge on any atom is 0.326 e. The number of hydrogen-bond donors (Lipinski definition) is 7. The number of nitrogens with two attached hydrogens (primary N) is 3. The van der Waals surface area contributed by atoms with Gasteiger partial charge in [-0.1, -0.05) is 13.8 Å². The fourth-order valence-electron chi connectivity index (χ4n) is 2.50. The smallest absolute Gasteiger partial charge is 0.326 e. The van der Waals surface area contributed by atoms with Gasteiger partial charge in [-0.2, -0.15) is 0 Å². The number of rotatable bonds is 15. The topological polar surface area (TPSA) is 220 Å². The Morgan fingerprint density at radius 1 is 0.967 bits per heavy atom. The Morgan fingerprint density at radius 3 is 2.10 bits per heavy atom. The maximum absolute atomic E-state index is 12.4. The number of amides is 4. The van der Waals surface area contributed by atoms with Crippen LogP contribution in [0.1, 0.15) is 46.0 Å². The van der Waals surface area contributed by atoms with E-state index in [-0.39, 0.29) is 25.2 Å². The summed E-state index contributed by atoms with van der Waals surface area (Å²) in [5, 5.41) is 16.4. The quantitative estimate of drug-likeness (QED) is 0.138. The first-order valence-corrected chi connectivity index (χ1v) is 9.83. The van der Waals surface area contributed by atoms with E-state index in [1.807, 2.05) is 0 Å². The Balaban J connectivity index is 4.69. The molecule has 0 rings (SSSR count). The first-order chi connectivity index (χ1) is 14.0. The van der Waals surface area contributed by atoms with E-state index < -0.39 is 54.3 Å². The summed E-state index contributed by atoms with van der Waals surface area (Å²) in [4.78, 5) is 58.6. The number of nitrogens with one attached hydrogen (secondary N) is 3. The Bertz CT molecular complexity index is 612. The molecule has 0 aromatic heterocycles. The van der Waals surface area contributed by atoms with Gasteiger partial charge in [0.05, 0.1) is 12.6 Å². The van der Waals surface area contributed by atoms with Crippen LogP contribution in [0.4, 0.5) is 0 Å². The maximum atomic E-state index is 12.4. The zero-order chi connectivity index (χ0) is 23.3. The lowest BCUT2D eigenvalue weighted by atomic mass is 10.0. The van der Waals surface area contributed by atoms with Gasteiger partial charge < -0.3 is 38.3 Å². The Hall–Kier alpha value is -2.73. The monoisotopic (exact) mass is 430 g/mol. The van der Waals surface area contributed by atoms with Crippen LogP contribution in [0.15, 0.2) is 0 Å². The third-order valence-corrected chi connectivity index (χ3v) is 4.29. The van der Waals surface area contributed by atoms with Gasteiger partial charge in [0.25, 0.3) is 0 Å². The third kappa shape index (κ3) is 11.3. The van der Waals surface area contributed by atoms with Gasteiger partial charge in [-0.15, -0.1) is 0 Å². The van der Waals surface area contributed by atoms with Gasteiger partial charge in [0.15, 0.2) is 0 Å². The molecular formula is C18H34N6O6. The van der Waals surface area contributed by atoms with Crippen molar-refractivity contribution < 1.29 is 29.1 Å². The second kappa shape index (κ2) is 14.3. The summed E-state index contributed by atoms with van der Waals surface area (Å²) in [6.45, 7) is 3.35. The summed E-state index contributed by atoms with van der Waals surface area (Å²) in [5.41, 5.74) is 16.1. The van der Waals surface area contributed by atoms with Crippen LogP contribution in [0.2, 0.25) is 0 Å². The summed E-state index contributed by atoms with van der Waals surface area (Å²) in [6.07, 6.45) is 1.37. The standard InChI is InChI=1S/C18H34N6O6/c1-10(2)15(24-16(27)11(20)6-7-13(21)25)17(28)22-9-14(26)23-12(18(29)30)5-3-4-8-19/h10-12,15H,3-9,19-20H2,1-2H3,(H2,21,25)(H,22,28)(H,23,26)(H,24,27)(H,29,30). The number of hydrogen-bond acceptors (Lipinski definition) is 7. The molecule has 0 spiro atoms. The Morgan fingerprint density at radius 2 is 1.60 bits per heavy atom. The molecule has 4 amide bonds. The molecule has 3 unspecified atom stereocenters. The van der Waals surface area contributed by atoms with Crippen molar-refractivity contribution in [3.8, 4) is 0 Å². The molecule has 0 saturated carbocycles. The van der Waals surface area contributed by atoms with Crippen LogP contribution in [-0.4, -0.2) is 65.9 Å². The number of carboxylic acid groups (broad SMARTS) is 1. The van der Waals surface area contributed by atoms with Crippen LogP contribution in [0.5, 0.6) is 0 Å². The van der Waals surface area contributed by atoms with Crippen LogP contribution in [-0.2, 0) is 24.0 Å². The fourth-order valence-corrected chi connectivity index (χ4v) is 2.50. The summed E-state index contributed by atoms with van der Waals surface area (Å²) < 4.78 is 0. The molecular weight excluding hydrogens is 396 g/mol. The van der Waals surface area contributed by atoms with Crippen molar-refractivity contribution in [3.05, 3.63) is 0 Å². The largest absolute Gasteiger partial charge is 0.480 e. The normalized spacial score (nSPS) is 13.8. The molecule has 0 saturated heterocycles. The summed E-state index contributed by atoms with van der Waals surface area (Å²) in [7, 11) is 0. The second-order valence-electron chi connectivity index (χ2n) is 7.30. The van der Waals surface area contributed by atoms with Crippen LogP contribution in [0.25, 0.3) is 0 Å². The fraction of sp³-hybridized carbons (Fsp3) is 0.722. The first-order valence-electron chi connectivity index (χ1n) is 9.83. The van der Waals surface area contributed by atoms with Crippen molar-refractivity contribution in [2.24, 2.45) is 23.1 Å². The molecule has 0 aromatic carbocycles. The van der Waals surface area contributed by atoms with E-state index in [0.29, 0.717) is 19.4 Å². The second-order valence-corrected chi connectivity index (χ2v) is 7.30. The lowest BCUT2D eigenvalue weighted by Crippen LogP contribution is -2.55. The van der Waals surface area contributed by atoms with E-state index in [4.69, 9.17) is 22.3 Å². The lowest BCUT2D eigenvalue weighted by Gasteiger charge is -2.23. The van der Waals surface area contributed by atoms with Crippen LogP contribution in [0.3, 0.4) is 0 Å². The molecule has 0 bridgehead atoms. The molecule has 0 aliphatic heterocycles. The molecule has 0 fully saturated rings. The highest BCUT2D eigenvalue weighted by Gasteiger charge is 2.27. The molecule has 30 heavy (non-hydrogen) atoms. The molecule has 172 valence electrons. The number of carboxylic acids is 1. The number of unbranched alkanes of at least 4 members (excludes halogenated alkanes) is 1. The molecule has 0 aliphatic carbocycles. The number of aliphatic carboxylic acids is 1. The van der Waals surface area contributed by atoms with E-state index in [1.165, 1.54) is 0 Å². The average molecular weight is 431 g/mol. The minimum atomic E-state index is -1.18. The zero-order valence-electron chi connectivity index (χ0n) is 17.5. The molecule has 10 N–H and O–H groups in total. The number of carbonyl (C=O) groups is 5. The van der Waals surface area contributed by atoms with Crippen LogP contribution < -0.4 is 33.2 Å². The van der Waals surface area contributed by atoms with Crippen LogP contribution >= 0.6 is 0 Å². The van der Waals surface area contributed by atoms with Gasteiger partial charge in [0.2, 0.25) is 23.6 Å². The van der Waals surface area contributed by atoms with Crippen molar-refractivity contribution in [2.45, 2.75) is 64.1 Å². The molecule has 0 radical (unpaired) electrons. The van der Waals surface area contributed by atoms with Gasteiger partial charge in [-0.25, -0.2) is 4.79 Å². The minimum Gasteiger partial charge on any atom is -0.480 e. The molecule has 0 aliphatic rings. The summed E-state index contributed by atoms with van der Waals surface area (Å²) in [6, 6.07) is -3.06. The van der Waals surface area contributed by atoms with E-state index in [2.05, 4.69) is 16.0 Å². The minimum absolute atomic E-state index is 0.0384. The molecule has 3 atom stereocenters. The van der Waals surface area contributed by atoms with Crippen molar-refractivity contribution in [1.82, 2.24) is 16.0 Å². The molecule has 0 aromatic rings. The van der Waals surface area contributed by atoms with Gasteiger partial charge in [0, 0.05) is 6.42 Å². The Labute approximate surface area is 175 Å². The third-order valence-electron chi connectivity index (χ3n) is 4.29. The predicted molar refractivity (Wildman–Crippen MR) is 109 cm³/mol. The van der Waals surface area contributed by atoms with Crippen molar-refractivity contribution in [3.63, 3.8) is 0 Å². The van der Waals surface area contributed by atoms with Crippen molar-refractivity contribution >= 4 is 29.6 Å². The molecule has 12 nitrogen and oxygen atoms in total. The molecule has 12 heteroatoms. The van der Waals surface area contributed by atoms with Crippen molar-refractivity contribution in [1.29, 1.82) is 0 Å². The van der Waals surface area contributed by atoms with Gasteiger partial charge in [-0.3, -0.25) is 19.2 Å². The zero-order valence-corrected chi connectivity index (χ0v) is 17.5. The van der Waals surface area contributed by atoms with Gasteiger partial charge in [-0.05, 0) is 38.1 Å². The van der Waals surface area contributed by atoms with Gasteiger partial charge in [0.1, 0.15) is 12.1 Å². The van der Waals surface area contributed by atoms with E-state index in [9.17, 15) is 24.0 Å². The SMILES string of the molecule is CC(C)C(NC(=O)C(N)CCC(N)=O)C(=O)NCC(=O)NC(CCCCN)C(=O)O. The summed E-state index contributed by atoms with van der Waals surface area (Å²) >= 11 is 0. The highest BCUT2D eigenvalue weighted by Crippen LogP contribution is 2.04. The highest BCUT2D eigenvalue weighted by atomic mass is 16.4. The van der Waals surface area contributed by atoms with Crippen LogP contribution in [0, 0.1) is 5.92 Å². The Kier molecular flexibility index (Phi) is 13.0. The van der Waals surface area contributed by atoms with E-state index >= 15 is 0 Å². The average Bonchev–Trinajstić information content (AvgIpc) is 2.66. The number of primary amides is 1. The van der Waals surface area contributed by atoms with E-state index in [0.717, 1.165) is 0 Å². The van der Waals surface area contributed by atoms with Crippen molar-refractivity contribution in [2.75, 3.05) is 13.1 Å². The lowest BCUT2D eigenvalue weighted by molar-refractivity contribution is -0.142. The predicted octanol–water partition coefficient (Wildman–Crippen LogP) is -2.47. The highest BCUT2D eigenvalue weighted by molar-refractivity contribution is 5.92.